The number of para-hydroxylation sites is 2. The molecule has 0 aliphatic rings. The third-order valence-electron chi connectivity index (χ3n) is 4.35. The van der Waals surface area contributed by atoms with Gasteiger partial charge in [-0.05, 0) is 49.8 Å². The number of hydrogen-bond donors (Lipinski definition) is 1. The monoisotopic (exact) mass is 367 g/mol. The molecule has 27 heavy (non-hydrogen) atoms. The van der Waals surface area contributed by atoms with Crippen LogP contribution in [0.5, 0.6) is 5.75 Å². The van der Waals surface area contributed by atoms with Crippen molar-refractivity contribution >= 4 is 23.0 Å². The quantitative estimate of drug-likeness (QED) is 0.668. The average Bonchev–Trinajstić information content (AvgIpc) is 3.05. The Labute approximate surface area is 157 Å². The maximum atomic E-state index is 13.7. The molecule has 5 nitrogen and oxygen atoms in total. The third-order valence-corrected chi connectivity index (χ3v) is 4.35. The fourth-order valence-corrected chi connectivity index (χ4v) is 3.04. The smallest absolute Gasteiger partial charge is 0.244 e. The average molecular weight is 367 g/mol. The van der Waals surface area contributed by atoms with Crippen molar-refractivity contribution in [2.45, 2.75) is 26.4 Å². The summed E-state index contributed by atoms with van der Waals surface area (Å²) in [6.45, 7) is 4.70. The highest BCUT2D eigenvalue weighted by atomic mass is 19.1. The van der Waals surface area contributed by atoms with Crippen LogP contribution in [-0.2, 0) is 11.3 Å². The Morgan fingerprint density at radius 2 is 2.11 bits per heavy atom. The number of fused-ring (bicyclic) bond motifs is 1. The molecule has 6 heteroatoms. The highest BCUT2D eigenvalue weighted by Gasteiger charge is 2.16. The lowest BCUT2D eigenvalue weighted by Crippen LogP contribution is -2.27. The molecule has 3 aromatic rings. The molecule has 0 saturated carbocycles. The molecule has 0 saturated heterocycles. The van der Waals surface area contributed by atoms with E-state index in [1.54, 1.807) is 12.1 Å². The van der Waals surface area contributed by atoms with E-state index in [4.69, 9.17) is 4.74 Å². The summed E-state index contributed by atoms with van der Waals surface area (Å²) in [7, 11) is 1.41. The molecule has 1 heterocycles. The van der Waals surface area contributed by atoms with Crippen LogP contribution in [0.2, 0.25) is 0 Å². The number of ether oxygens (including phenoxy) is 1. The number of rotatable bonds is 6. The second kappa shape index (κ2) is 8.03. The number of imidazole rings is 1. The lowest BCUT2D eigenvalue weighted by atomic mass is 10.2. The minimum Gasteiger partial charge on any atom is -0.494 e. The second-order valence-corrected chi connectivity index (χ2v) is 6.16. The van der Waals surface area contributed by atoms with Gasteiger partial charge < -0.3 is 14.6 Å². The first kappa shape index (κ1) is 18.6. The first-order valence-corrected chi connectivity index (χ1v) is 8.80. The zero-order valence-corrected chi connectivity index (χ0v) is 15.6. The van der Waals surface area contributed by atoms with Gasteiger partial charge in [-0.2, -0.15) is 0 Å². The lowest BCUT2D eigenvalue weighted by molar-refractivity contribution is -0.117. The fourth-order valence-electron chi connectivity index (χ4n) is 3.04. The Balaban J connectivity index is 1.73. The summed E-state index contributed by atoms with van der Waals surface area (Å²) in [5.41, 5.74) is 2.52. The van der Waals surface area contributed by atoms with Crippen molar-refractivity contribution < 1.29 is 13.9 Å². The number of nitrogens with one attached hydrogen (secondary N) is 1. The number of aromatic nitrogens is 2. The van der Waals surface area contributed by atoms with Crippen molar-refractivity contribution in [1.29, 1.82) is 0 Å². The number of methoxy groups -OCH3 is 1. The Hall–Kier alpha value is -3.15. The minimum absolute atomic E-state index is 0.170. The van der Waals surface area contributed by atoms with Crippen LogP contribution in [0.15, 0.2) is 48.5 Å². The van der Waals surface area contributed by atoms with Crippen LogP contribution in [0.1, 0.15) is 31.3 Å². The van der Waals surface area contributed by atoms with Gasteiger partial charge in [0.2, 0.25) is 5.91 Å². The molecule has 0 bridgehead atoms. The Morgan fingerprint density at radius 3 is 2.81 bits per heavy atom. The first-order chi connectivity index (χ1) is 13.0. The predicted molar refractivity (Wildman–Crippen MR) is 104 cm³/mol. The highest BCUT2D eigenvalue weighted by Crippen LogP contribution is 2.21. The molecule has 3 rings (SSSR count). The zero-order chi connectivity index (χ0) is 19.4. The molecule has 1 amide bonds. The van der Waals surface area contributed by atoms with Gasteiger partial charge in [0.25, 0.3) is 0 Å². The summed E-state index contributed by atoms with van der Waals surface area (Å²) >= 11 is 0. The Morgan fingerprint density at radius 1 is 1.33 bits per heavy atom. The topological polar surface area (TPSA) is 56.2 Å². The number of carbonyl (C=O) groups is 1. The molecule has 2 aromatic carbocycles. The van der Waals surface area contributed by atoms with Crippen LogP contribution in [0.4, 0.5) is 4.39 Å². The molecule has 1 unspecified atom stereocenters. The molecule has 1 aromatic heterocycles. The summed E-state index contributed by atoms with van der Waals surface area (Å²) in [5, 5.41) is 2.91. The van der Waals surface area contributed by atoms with Crippen molar-refractivity contribution in [1.82, 2.24) is 14.9 Å². The molecule has 1 atom stereocenters. The van der Waals surface area contributed by atoms with Gasteiger partial charge in [0, 0.05) is 12.6 Å². The first-order valence-electron chi connectivity index (χ1n) is 8.80. The van der Waals surface area contributed by atoms with Gasteiger partial charge >= 0.3 is 0 Å². The van der Waals surface area contributed by atoms with Crippen molar-refractivity contribution in [2.24, 2.45) is 0 Å². The van der Waals surface area contributed by atoms with Crippen molar-refractivity contribution in [2.75, 3.05) is 7.11 Å². The van der Waals surface area contributed by atoms with Crippen LogP contribution < -0.4 is 10.1 Å². The van der Waals surface area contributed by atoms with Gasteiger partial charge in [0.15, 0.2) is 11.6 Å². The SMILES string of the molecule is CCn1c(C(C)NC(=O)C=Cc2ccc(OC)c(F)c2)nc2ccccc21. The number of nitrogens with zero attached hydrogens (tertiary/aromatic N) is 2. The van der Waals surface area contributed by atoms with Crippen LogP contribution in [0, 0.1) is 5.82 Å². The molecule has 1 N–H and O–H groups in total. The molecule has 0 radical (unpaired) electrons. The van der Waals surface area contributed by atoms with E-state index >= 15 is 0 Å². The van der Waals surface area contributed by atoms with Crippen molar-refractivity contribution in [3.8, 4) is 5.75 Å². The largest absolute Gasteiger partial charge is 0.494 e. The molecule has 0 spiro atoms. The van der Waals surface area contributed by atoms with E-state index < -0.39 is 5.82 Å². The van der Waals surface area contributed by atoms with E-state index in [0.29, 0.717) is 5.56 Å². The van der Waals surface area contributed by atoms with Gasteiger partial charge in [-0.25, -0.2) is 9.37 Å². The Bertz CT molecular complexity index is 994. The number of hydrogen-bond acceptors (Lipinski definition) is 3. The van der Waals surface area contributed by atoms with E-state index in [0.717, 1.165) is 23.4 Å². The lowest BCUT2D eigenvalue weighted by Gasteiger charge is -2.14. The minimum atomic E-state index is -0.468. The van der Waals surface area contributed by atoms with Gasteiger partial charge in [-0.15, -0.1) is 0 Å². The molecule has 0 fully saturated rings. The Kier molecular flexibility index (Phi) is 5.54. The van der Waals surface area contributed by atoms with Crippen LogP contribution in [0.25, 0.3) is 17.1 Å². The van der Waals surface area contributed by atoms with E-state index in [9.17, 15) is 9.18 Å². The highest BCUT2D eigenvalue weighted by molar-refractivity contribution is 5.92. The summed E-state index contributed by atoms with van der Waals surface area (Å²) in [6, 6.07) is 12.2. The number of halogens is 1. The van der Waals surface area contributed by atoms with Gasteiger partial charge in [0.05, 0.1) is 24.2 Å². The van der Waals surface area contributed by atoms with Gasteiger partial charge in [0.1, 0.15) is 5.82 Å². The number of benzene rings is 2. The van der Waals surface area contributed by atoms with Crippen LogP contribution in [0.3, 0.4) is 0 Å². The molecular weight excluding hydrogens is 345 g/mol. The number of amides is 1. The molecule has 0 aliphatic carbocycles. The summed E-state index contributed by atoms with van der Waals surface area (Å²) in [4.78, 5) is 16.9. The second-order valence-electron chi connectivity index (χ2n) is 6.16. The standard InChI is InChI=1S/C21H22FN3O2/c1-4-25-18-8-6-5-7-17(18)24-21(25)14(2)23-20(26)12-10-15-9-11-19(27-3)16(22)13-15/h5-14H,4H2,1-3H3,(H,23,26). The zero-order valence-electron chi connectivity index (χ0n) is 15.6. The maximum Gasteiger partial charge on any atom is 0.244 e. The molecular formula is C21H22FN3O2. The van der Waals surface area contributed by atoms with Gasteiger partial charge in [-0.3, -0.25) is 4.79 Å². The third kappa shape index (κ3) is 4.00. The fraction of sp³-hybridized carbons (Fsp3) is 0.238. The van der Waals surface area contributed by atoms with Crippen LogP contribution >= 0.6 is 0 Å². The number of aryl methyl sites for hydroxylation is 1. The summed E-state index contributed by atoms with van der Waals surface area (Å²) < 4.78 is 20.7. The van der Waals surface area contributed by atoms with E-state index in [-0.39, 0.29) is 17.7 Å². The molecule has 140 valence electrons. The van der Waals surface area contributed by atoms with E-state index in [1.165, 1.54) is 25.3 Å². The molecule has 0 aliphatic heterocycles. The van der Waals surface area contributed by atoms with E-state index in [2.05, 4.69) is 14.9 Å². The summed E-state index contributed by atoms with van der Waals surface area (Å²) in [6.07, 6.45) is 2.95. The predicted octanol–water partition coefficient (Wildman–Crippen LogP) is 4.09. The summed E-state index contributed by atoms with van der Waals surface area (Å²) in [5.74, 6) is 0.234. The normalized spacial score (nSPS) is 12.4. The maximum absolute atomic E-state index is 13.7. The van der Waals surface area contributed by atoms with E-state index in [1.807, 2.05) is 38.1 Å². The number of carbonyl (C=O) groups excluding carboxylic acids is 1. The van der Waals surface area contributed by atoms with Crippen molar-refractivity contribution in [3.63, 3.8) is 0 Å². The van der Waals surface area contributed by atoms with Crippen LogP contribution in [-0.4, -0.2) is 22.6 Å². The van der Waals surface area contributed by atoms with Gasteiger partial charge in [-0.1, -0.05) is 18.2 Å². The van der Waals surface area contributed by atoms with Crippen molar-refractivity contribution in [3.05, 3.63) is 65.7 Å².